The number of hydrogen-bond donors (Lipinski definition) is 1. The number of amides is 3. The molecule has 3 aliphatic heterocycles. The number of carbonyl (C=O) groups is 3. The number of aromatic nitrogens is 1. The Morgan fingerprint density at radius 1 is 0.978 bits per heavy atom. The van der Waals surface area contributed by atoms with Crippen molar-refractivity contribution in [2.45, 2.75) is 88.0 Å². The minimum absolute atomic E-state index is 0.00167. The summed E-state index contributed by atoms with van der Waals surface area (Å²) < 4.78 is 23.5. The van der Waals surface area contributed by atoms with Gasteiger partial charge in [0.25, 0.3) is 0 Å². The molecule has 2 aromatic rings. The second-order valence-electron chi connectivity index (χ2n) is 13.4. The highest BCUT2D eigenvalue weighted by Gasteiger charge is 2.47. The van der Waals surface area contributed by atoms with Crippen LogP contribution < -0.4 is 14.8 Å². The molecule has 7 rings (SSSR count). The number of carbonyl (C=O) groups excluding carboxylic acids is 3. The van der Waals surface area contributed by atoms with Crippen molar-refractivity contribution in [1.82, 2.24) is 20.1 Å². The molecular weight excluding hydrogens is 576 g/mol. The fourth-order valence-electron chi connectivity index (χ4n) is 7.94. The molecule has 11 heteroatoms. The molecule has 3 amide bonds. The van der Waals surface area contributed by atoms with Crippen LogP contribution in [0.25, 0.3) is 10.9 Å². The van der Waals surface area contributed by atoms with Crippen molar-refractivity contribution < 1.29 is 33.3 Å². The van der Waals surface area contributed by atoms with Gasteiger partial charge >= 0.3 is 12.0 Å². The number of ether oxygens (including phenoxy) is 4. The number of nitrogens with one attached hydrogen (secondary N) is 1. The summed E-state index contributed by atoms with van der Waals surface area (Å²) in [7, 11) is 2.97. The van der Waals surface area contributed by atoms with Crippen LogP contribution in [-0.4, -0.2) is 97.4 Å². The smallest absolute Gasteiger partial charge is 0.328 e. The molecule has 2 saturated carbocycles. The highest BCUT2D eigenvalue weighted by atomic mass is 16.5. The van der Waals surface area contributed by atoms with E-state index < -0.39 is 24.2 Å². The minimum atomic E-state index is -0.804. The van der Waals surface area contributed by atoms with Gasteiger partial charge in [0, 0.05) is 43.1 Å². The molecule has 2 unspecified atom stereocenters. The van der Waals surface area contributed by atoms with Crippen LogP contribution in [0.3, 0.4) is 0 Å². The second kappa shape index (κ2) is 12.7. The van der Waals surface area contributed by atoms with Crippen LogP contribution in [0.1, 0.15) is 69.3 Å². The number of hydrogen-bond acceptors (Lipinski definition) is 8. The van der Waals surface area contributed by atoms with Gasteiger partial charge in [-0.05, 0) is 74.5 Å². The minimum Gasteiger partial charge on any atom is -0.497 e. The first-order valence-electron chi connectivity index (χ1n) is 16.6. The summed E-state index contributed by atoms with van der Waals surface area (Å²) in [6.07, 6.45) is 7.41. The third kappa shape index (κ3) is 6.15. The van der Waals surface area contributed by atoms with E-state index in [0.717, 1.165) is 67.8 Å². The molecule has 4 heterocycles. The quantitative estimate of drug-likeness (QED) is 0.512. The molecule has 0 radical (unpaired) electrons. The van der Waals surface area contributed by atoms with E-state index in [4.69, 9.17) is 23.9 Å². The van der Waals surface area contributed by atoms with E-state index >= 15 is 0 Å². The van der Waals surface area contributed by atoms with Gasteiger partial charge in [-0.15, -0.1) is 0 Å². The highest BCUT2D eigenvalue weighted by molar-refractivity contribution is 5.91. The first kappa shape index (κ1) is 30.1. The maximum absolute atomic E-state index is 14.3. The van der Waals surface area contributed by atoms with E-state index in [1.807, 2.05) is 18.2 Å². The van der Waals surface area contributed by atoms with Crippen LogP contribution in [0.2, 0.25) is 0 Å². The van der Waals surface area contributed by atoms with Crippen LogP contribution in [-0.2, 0) is 19.1 Å². The number of methoxy groups -OCH3 is 2. The molecule has 4 bridgehead atoms. The van der Waals surface area contributed by atoms with Crippen LogP contribution >= 0.6 is 0 Å². The molecule has 4 fully saturated rings. The molecule has 11 nitrogen and oxygen atoms in total. The summed E-state index contributed by atoms with van der Waals surface area (Å²) in [5.74, 6) is 1.38. The Bertz CT molecular complexity index is 1450. The summed E-state index contributed by atoms with van der Waals surface area (Å²) in [6.45, 7) is 1.99. The zero-order valence-corrected chi connectivity index (χ0v) is 26.2. The van der Waals surface area contributed by atoms with Gasteiger partial charge < -0.3 is 34.1 Å². The standard InChI is InChI=1S/C34H44N4O7/c1-42-23-10-9-22-15-27-26-14-21(26)8-5-13-44-24-11-12-37(18-24)34(41)36-30(20-6-3-4-7-20)32(39)38-19-25(17-29(38)33(40)43-2)45-31(27)35-28(22)16-23/h9-10,15-16,20-21,24-26,29-30H,3-8,11-14,17-19H2,1-2H3,(H,36,41)/t21?,24-,25+,26?,29-,30-/m0/s1. The molecule has 45 heavy (non-hydrogen) atoms. The van der Waals surface area contributed by atoms with Crippen molar-refractivity contribution in [3.8, 4) is 11.6 Å². The normalized spacial score (nSPS) is 30.9. The molecule has 242 valence electrons. The molecular formula is C34H44N4O7. The van der Waals surface area contributed by atoms with Crippen molar-refractivity contribution in [3.05, 3.63) is 29.8 Å². The van der Waals surface area contributed by atoms with Gasteiger partial charge in [-0.25, -0.2) is 14.6 Å². The summed E-state index contributed by atoms with van der Waals surface area (Å²) >= 11 is 0. The van der Waals surface area contributed by atoms with E-state index in [2.05, 4.69) is 11.4 Å². The van der Waals surface area contributed by atoms with Crippen molar-refractivity contribution in [2.24, 2.45) is 11.8 Å². The van der Waals surface area contributed by atoms with Gasteiger partial charge in [-0.3, -0.25) is 4.79 Å². The lowest BCUT2D eigenvalue weighted by atomic mass is 9.96. The lowest BCUT2D eigenvalue weighted by Crippen LogP contribution is -2.56. The van der Waals surface area contributed by atoms with Gasteiger partial charge in [0.1, 0.15) is 23.9 Å². The summed E-state index contributed by atoms with van der Waals surface area (Å²) in [5.41, 5.74) is 1.83. The van der Waals surface area contributed by atoms with Crippen molar-refractivity contribution >= 4 is 28.8 Å². The summed E-state index contributed by atoms with van der Waals surface area (Å²) in [4.78, 5) is 49.2. The van der Waals surface area contributed by atoms with E-state index in [0.29, 0.717) is 49.6 Å². The molecule has 2 aliphatic carbocycles. The van der Waals surface area contributed by atoms with Gasteiger partial charge in [0.2, 0.25) is 11.8 Å². The van der Waals surface area contributed by atoms with Gasteiger partial charge in [0.05, 0.1) is 32.4 Å². The predicted molar refractivity (Wildman–Crippen MR) is 165 cm³/mol. The van der Waals surface area contributed by atoms with Crippen molar-refractivity contribution in [2.75, 3.05) is 40.5 Å². The number of esters is 1. The topological polar surface area (TPSA) is 120 Å². The number of rotatable bonds is 3. The molecule has 2 saturated heterocycles. The lowest BCUT2D eigenvalue weighted by Gasteiger charge is -2.32. The fourth-order valence-corrected chi connectivity index (χ4v) is 7.94. The average Bonchev–Trinajstić information content (AvgIpc) is 3.44. The van der Waals surface area contributed by atoms with Crippen molar-refractivity contribution in [1.29, 1.82) is 0 Å². The number of fused-ring (bicyclic) bond motifs is 8. The number of benzene rings is 1. The Morgan fingerprint density at radius 2 is 1.80 bits per heavy atom. The zero-order valence-electron chi connectivity index (χ0n) is 26.2. The number of pyridine rings is 1. The third-order valence-corrected chi connectivity index (χ3v) is 10.6. The van der Waals surface area contributed by atoms with E-state index in [1.165, 1.54) is 7.11 Å². The van der Waals surface area contributed by atoms with Gasteiger partial charge in [0.15, 0.2) is 0 Å². The Morgan fingerprint density at radius 3 is 2.60 bits per heavy atom. The third-order valence-electron chi connectivity index (χ3n) is 10.6. The highest BCUT2D eigenvalue weighted by Crippen LogP contribution is 2.53. The molecule has 5 aliphatic rings. The average molecular weight is 621 g/mol. The van der Waals surface area contributed by atoms with E-state index in [-0.39, 0.29) is 30.5 Å². The summed E-state index contributed by atoms with van der Waals surface area (Å²) in [5, 5.41) is 4.11. The van der Waals surface area contributed by atoms with Crippen LogP contribution in [0.15, 0.2) is 24.3 Å². The predicted octanol–water partition coefficient (Wildman–Crippen LogP) is 4.02. The van der Waals surface area contributed by atoms with E-state index in [1.54, 1.807) is 16.9 Å². The molecule has 1 N–H and O–H groups in total. The van der Waals surface area contributed by atoms with Crippen molar-refractivity contribution in [3.63, 3.8) is 0 Å². The molecule has 1 aromatic carbocycles. The van der Waals surface area contributed by atoms with Gasteiger partial charge in [-0.2, -0.15) is 0 Å². The van der Waals surface area contributed by atoms with Crippen LogP contribution in [0.4, 0.5) is 4.79 Å². The Labute approximate surface area is 263 Å². The molecule has 0 spiro atoms. The summed E-state index contributed by atoms with van der Waals surface area (Å²) in [6, 6.07) is 6.26. The molecule has 6 atom stereocenters. The first-order chi connectivity index (χ1) is 21.9. The SMILES string of the molecule is COC(=O)[C@@H]1C[C@@H]2CN1C(=O)[C@H](C1CCCC1)NC(=O)N1CC[C@@H](C1)OCCCC1CC1c1cc3ccc(OC)cc3nc1O2. The number of urea groups is 1. The Kier molecular flexibility index (Phi) is 8.46. The lowest BCUT2D eigenvalue weighted by molar-refractivity contribution is -0.152. The monoisotopic (exact) mass is 620 g/mol. The Balaban J connectivity index is 1.23. The first-order valence-corrected chi connectivity index (χ1v) is 16.6. The molecule has 1 aromatic heterocycles. The maximum atomic E-state index is 14.3. The van der Waals surface area contributed by atoms with Crippen LogP contribution in [0, 0.1) is 11.8 Å². The number of nitrogens with zero attached hydrogens (tertiary/aromatic N) is 3. The zero-order chi connectivity index (χ0) is 31.1. The van der Waals surface area contributed by atoms with Crippen LogP contribution in [0.5, 0.6) is 11.6 Å². The van der Waals surface area contributed by atoms with Gasteiger partial charge in [-0.1, -0.05) is 12.8 Å². The Hall–Kier alpha value is -3.60. The second-order valence-corrected chi connectivity index (χ2v) is 13.4. The largest absolute Gasteiger partial charge is 0.497 e. The van der Waals surface area contributed by atoms with E-state index in [9.17, 15) is 14.4 Å². The fraction of sp³-hybridized carbons (Fsp3) is 0.647. The maximum Gasteiger partial charge on any atom is 0.328 e.